The molecule has 4 heterocycles. The maximum atomic E-state index is 12.0. The third kappa shape index (κ3) is 3.64. The van der Waals surface area contributed by atoms with Crippen LogP contribution in [0.4, 0.5) is 11.5 Å². The van der Waals surface area contributed by atoms with E-state index in [1.165, 1.54) is 6.20 Å². The number of para-hydroxylation sites is 1. The van der Waals surface area contributed by atoms with Crippen molar-refractivity contribution in [2.75, 3.05) is 5.32 Å². The number of aromatic nitrogens is 8. The summed E-state index contributed by atoms with van der Waals surface area (Å²) in [5.41, 5.74) is 7.19. The molecule has 4 aromatic heterocycles. The van der Waals surface area contributed by atoms with Crippen LogP contribution in [0.5, 0.6) is 0 Å². The van der Waals surface area contributed by atoms with Crippen molar-refractivity contribution in [1.82, 2.24) is 39.6 Å². The summed E-state index contributed by atoms with van der Waals surface area (Å²) in [6.45, 7) is 1.81. The van der Waals surface area contributed by atoms with E-state index < -0.39 is 5.91 Å². The van der Waals surface area contributed by atoms with Crippen molar-refractivity contribution in [1.29, 1.82) is 0 Å². The van der Waals surface area contributed by atoms with Gasteiger partial charge in [-0.2, -0.15) is 0 Å². The van der Waals surface area contributed by atoms with Crippen LogP contribution in [0.2, 0.25) is 10.0 Å². The molecule has 1 aromatic carbocycles. The number of fused-ring (bicyclic) bond motifs is 1. The number of carbonyl (C=O) groups is 1. The number of benzene rings is 1. The number of halogens is 2. The number of rotatable bonds is 5. The Morgan fingerprint density at radius 2 is 1.88 bits per heavy atom. The van der Waals surface area contributed by atoms with Crippen LogP contribution in [0.25, 0.3) is 22.9 Å². The van der Waals surface area contributed by atoms with Crippen LogP contribution in [-0.2, 0) is 0 Å². The molecule has 5 aromatic rings. The molecule has 0 bridgehead atoms. The minimum Gasteiger partial charge on any atom is -0.364 e. The average Bonchev–Trinajstić information content (AvgIpc) is 3.43. The summed E-state index contributed by atoms with van der Waals surface area (Å²) < 4.78 is 1.61. The van der Waals surface area contributed by atoms with E-state index >= 15 is 0 Å². The number of nitrogens with two attached hydrogens (primary N) is 1. The Kier molecular flexibility index (Phi) is 5.23. The van der Waals surface area contributed by atoms with E-state index in [4.69, 9.17) is 28.9 Å². The van der Waals surface area contributed by atoms with Gasteiger partial charge < -0.3 is 16.0 Å². The van der Waals surface area contributed by atoms with Crippen molar-refractivity contribution < 1.29 is 4.79 Å². The van der Waals surface area contributed by atoms with Gasteiger partial charge in [0.15, 0.2) is 17.3 Å². The predicted octanol–water partition coefficient (Wildman–Crippen LogP) is 2.52. The van der Waals surface area contributed by atoms with Gasteiger partial charge in [0.2, 0.25) is 5.65 Å². The summed E-state index contributed by atoms with van der Waals surface area (Å²) in [5, 5.41) is 20.0. The summed E-state index contributed by atoms with van der Waals surface area (Å²) in [6, 6.07) is 8.29. The van der Waals surface area contributed by atoms with Crippen LogP contribution >= 0.6 is 23.2 Å². The zero-order chi connectivity index (χ0) is 24.0. The summed E-state index contributed by atoms with van der Waals surface area (Å²) >= 11 is 12.5. The molecule has 0 aliphatic carbocycles. The highest BCUT2D eigenvalue weighted by Crippen LogP contribution is 2.29. The van der Waals surface area contributed by atoms with Gasteiger partial charge in [-0.05, 0) is 31.2 Å². The van der Waals surface area contributed by atoms with Gasteiger partial charge in [0.1, 0.15) is 11.4 Å². The number of hydrogen-bond acceptors (Lipinski definition) is 8. The van der Waals surface area contributed by atoms with E-state index in [-0.39, 0.29) is 22.7 Å². The lowest BCUT2D eigenvalue weighted by molar-refractivity contribution is 0.0996. The molecule has 4 N–H and O–H groups in total. The first kappa shape index (κ1) is 21.6. The number of primary amides is 1. The fourth-order valence-electron chi connectivity index (χ4n) is 3.30. The lowest BCUT2D eigenvalue weighted by Crippen LogP contribution is -2.14. The quantitative estimate of drug-likeness (QED) is 0.334. The summed E-state index contributed by atoms with van der Waals surface area (Å²) in [5.74, 6) is -0.298. The molecular weight excluding hydrogens is 483 g/mol. The zero-order valence-electron chi connectivity index (χ0n) is 17.3. The Labute approximate surface area is 200 Å². The monoisotopic (exact) mass is 496 g/mol. The second-order valence-electron chi connectivity index (χ2n) is 7.12. The molecular formula is C20H14Cl2N10O2. The third-order valence-electron chi connectivity index (χ3n) is 4.87. The Hall–Kier alpha value is -4.29. The van der Waals surface area contributed by atoms with Gasteiger partial charge >= 0.3 is 0 Å². The smallest absolute Gasteiger partial charge is 0.293 e. The molecule has 0 atom stereocenters. The van der Waals surface area contributed by atoms with E-state index in [9.17, 15) is 9.59 Å². The lowest BCUT2D eigenvalue weighted by Gasteiger charge is -2.06. The van der Waals surface area contributed by atoms with Crippen molar-refractivity contribution in [3.63, 3.8) is 0 Å². The maximum absolute atomic E-state index is 12.0. The summed E-state index contributed by atoms with van der Waals surface area (Å²) in [7, 11) is 0. The second-order valence-corrected chi connectivity index (χ2v) is 7.93. The first-order valence-corrected chi connectivity index (χ1v) is 10.5. The number of nitrogens with one attached hydrogen (secondary N) is 2. The van der Waals surface area contributed by atoms with Gasteiger partial charge in [-0.25, -0.2) is 0 Å². The molecule has 0 radical (unpaired) electrons. The van der Waals surface area contributed by atoms with E-state index in [0.717, 1.165) is 10.5 Å². The van der Waals surface area contributed by atoms with Gasteiger partial charge in [0, 0.05) is 11.9 Å². The first-order valence-electron chi connectivity index (χ1n) is 9.72. The van der Waals surface area contributed by atoms with Gasteiger partial charge in [-0.3, -0.25) is 19.0 Å². The molecule has 14 heteroatoms. The van der Waals surface area contributed by atoms with E-state index in [1.54, 1.807) is 40.9 Å². The largest absolute Gasteiger partial charge is 0.364 e. The Morgan fingerprint density at radius 1 is 1.12 bits per heavy atom. The van der Waals surface area contributed by atoms with E-state index in [0.29, 0.717) is 32.9 Å². The fourth-order valence-corrected chi connectivity index (χ4v) is 3.85. The summed E-state index contributed by atoms with van der Waals surface area (Å²) in [6.07, 6.45) is 3.07. The molecule has 0 aliphatic heterocycles. The normalized spacial score (nSPS) is 11.1. The molecule has 170 valence electrons. The predicted molar refractivity (Wildman–Crippen MR) is 125 cm³/mol. The lowest BCUT2D eigenvalue weighted by atomic mass is 10.3. The number of aromatic amines is 1. The zero-order valence-corrected chi connectivity index (χ0v) is 18.8. The molecule has 34 heavy (non-hydrogen) atoms. The number of H-pyrrole nitrogens is 1. The van der Waals surface area contributed by atoms with Gasteiger partial charge in [-0.1, -0.05) is 29.3 Å². The van der Waals surface area contributed by atoms with Crippen LogP contribution in [0.3, 0.4) is 0 Å². The molecule has 0 spiro atoms. The van der Waals surface area contributed by atoms with Gasteiger partial charge in [0.05, 0.1) is 21.9 Å². The number of amides is 1. The third-order valence-corrected chi connectivity index (χ3v) is 5.48. The molecule has 1 amide bonds. The summed E-state index contributed by atoms with van der Waals surface area (Å²) in [4.78, 5) is 32.1. The Bertz CT molecular complexity index is 1600. The van der Waals surface area contributed by atoms with Crippen molar-refractivity contribution in [2.24, 2.45) is 5.73 Å². The Balaban J connectivity index is 1.49. The number of anilines is 2. The highest BCUT2D eigenvalue weighted by atomic mass is 35.5. The minimum atomic E-state index is -0.794. The van der Waals surface area contributed by atoms with E-state index in [2.05, 4.69) is 35.7 Å². The SMILES string of the molecule is Cc1c[nH]c(=O)c2nnc(-c3ccc(Nc4nn(-c5c(Cl)cccc5Cl)nc4C(N)=O)cn3)n12. The molecule has 0 saturated carbocycles. The topological polar surface area (TPSA) is 162 Å². The van der Waals surface area contributed by atoms with Gasteiger partial charge in [-0.15, -0.1) is 25.2 Å². The molecule has 0 aliphatic rings. The molecule has 0 fully saturated rings. The van der Waals surface area contributed by atoms with Crippen molar-refractivity contribution >= 4 is 46.3 Å². The fraction of sp³-hybridized carbons (Fsp3) is 0.0500. The molecule has 0 saturated heterocycles. The Morgan fingerprint density at radius 3 is 2.56 bits per heavy atom. The molecule has 5 rings (SSSR count). The number of nitrogens with zero attached hydrogens (tertiary/aromatic N) is 7. The standard InChI is InChI=1S/C20H14Cl2N10O2/c1-9-7-25-20(34)19-28-27-18(31(9)19)13-6-5-10(8-24-13)26-17-14(16(23)33)29-32(30-17)15-11(21)3-2-4-12(15)22/h2-8H,1H3,(H2,23,33)(H,25,34)(H,26,30). The number of pyridine rings is 1. The highest BCUT2D eigenvalue weighted by molar-refractivity contribution is 6.37. The number of carbonyl (C=O) groups excluding carboxylic acids is 1. The molecule has 12 nitrogen and oxygen atoms in total. The van der Waals surface area contributed by atoms with Crippen LogP contribution < -0.4 is 16.6 Å². The number of hydrogen-bond donors (Lipinski definition) is 3. The van der Waals surface area contributed by atoms with Crippen molar-refractivity contribution in [3.8, 4) is 17.2 Å². The number of aryl methyl sites for hydroxylation is 1. The van der Waals surface area contributed by atoms with Crippen molar-refractivity contribution in [3.05, 3.63) is 74.5 Å². The highest BCUT2D eigenvalue weighted by Gasteiger charge is 2.20. The van der Waals surface area contributed by atoms with Crippen LogP contribution in [0.15, 0.2) is 47.5 Å². The van der Waals surface area contributed by atoms with Gasteiger partial charge in [0.25, 0.3) is 11.5 Å². The maximum Gasteiger partial charge on any atom is 0.293 e. The van der Waals surface area contributed by atoms with Crippen LogP contribution in [0.1, 0.15) is 16.2 Å². The van der Waals surface area contributed by atoms with E-state index in [1.807, 2.05) is 6.92 Å². The second kappa shape index (κ2) is 8.24. The van der Waals surface area contributed by atoms with Crippen molar-refractivity contribution in [2.45, 2.75) is 6.92 Å². The first-order chi connectivity index (χ1) is 16.3. The van der Waals surface area contributed by atoms with Crippen LogP contribution in [-0.4, -0.2) is 45.5 Å². The molecule has 0 unspecified atom stereocenters. The average molecular weight is 497 g/mol. The van der Waals surface area contributed by atoms with Crippen LogP contribution in [0, 0.1) is 6.92 Å². The minimum absolute atomic E-state index is 0.0911.